The standard InChI is InChI=1S/C22H19Cl3N2O4S/c1-22(2,31-19-7-3-14(23)4-8-19)21(28)26-17-5-9-20(10-6-17)32(29,30)27-18-12-15(24)11-16(25)13-18/h3-13,27H,1-2H3,(H,26,28). The smallest absolute Gasteiger partial charge is 0.267 e. The molecule has 32 heavy (non-hydrogen) atoms. The number of sulfonamides is 1. The summed E-state index contributed by atoms with van der Waals surface area (Å²) in [7, 11) is -3.88. The van der Waals surface area contributed by atoms with E-state index in [1.54, 1.807) is 38.1 Å². The zero-order valence-corrected chi connectivity index (χ0v) is 20.1. The van der Waals surface area contributed by atoms with Crippen LogP contribution in [0.2, 0.25) is 15.1 Å². The SMILES string of the molecule is CC(C)(Oc1ccc(Cl)cc1)C(=O)Nc1ccc(S(=O)(=O)Nc2cc(Cl)cc(Cl)c2)cc1. The monoisotopic (exact) mass is 512 g/mol. The highest BCUT2D eigenvalue weighted by Gasteiger charge is 2.30. The van der Waals surface area contributed by atoms with Gasteiger partial charge in [-0.1, -0.05) is 34.8 Å². The Hall–Kier alpha value is -2.45. The van der Waals surface area contributed by atoms with E-state index < -0.39 is 21.5 Å². The van der Waals surface area contributed by atoms with Gasteiger partial charge in [0, 0.05) is 20.8 Å². The van der Waals surface area contributed by atoms with Gasteiger partial charge in [-0.25, -0.2) is 8.42 Å². The van der Waals surface area contributed by atoms with Gasteiger partial charge < -0.3 is 10.1 Å². The molecule has 10 heteroatoms. The van der Waals surface area contributed by atoms with Crippen LogP contribution in [-0.4, -0.2) is 19.9 Å². The van der Waals surface area contributed by atoms with Crippen LogP contribution in [0.4, 0.5) is 11.4 Å². The maximum absolute atomic E-state index is 12.7. The van der Waals surface area contributed by atoms with E-state index in [0.29, 0.717) is 26.5 Å². The third-order valence-electron chi connectivity index (χ3n) is 4.27. The Morgan fingerprint density at radius 3 is 1.94 bits per heavy atom. The highest BCUT2D eigenvalue weighted by Crippen LogP contribution is 2.26. The molecular weight excluding hydrogens is 495 g/mol. The molecule has 0 saturated carbocycles. The van der Waals surface area contributed by atoms with Gasteiger partial charge in [-0.2, -0.15) is 0 Å². The van der Waals surface area contributed by atoms with E-state index >= 15 is 0 Å². The van der Waals surface area contributed by atoms with E-state index in [-0.39, 0.29) is 10.6 Å². The molecule has 0 heterocycles. The molecule has 0 aromatic heterocycles. The lowest BCUT2D eigenvalue weighted by molar-refractivity contribution is -0.128. The first-order chi connectivity index (χ1) is 14.9. The lowest BCUT2D eigenvalue weighted by Crippen LogP contribution is -2.42. The van der Waals surface area contributed by atoms with Crippen LogP contribution in [0.5, 0.6) is 5.75 Å². The lowest BCUT2D eigenvalue weighted by atomic mass is 10.1. The van der Waals surface area contributed by atoms with E-state index in [4.69, 9.17) is 39.5 Å². The molecule has 3 rings (SSSR count). The molecule has 0 unspecified atom stereocenters. The summed E-state index contributed by atoms with van der Waals surface area (Å²) in [5, 5.41) is 3.88. The van der Waals surface area contributed by atoms with Crippen molar-refractivity contribution in [2.45, 2.75) is 24.3 Å². The molecule has 0 saturated heterocycles. The molecule has 2 N–H and O–H groups in total. The first-order valence-corrected chi connectivity index (χ1v) is 11.9. The fourth-order valence-electron chi connectivity index (χ4n) is 2.67. The summed E-state index contributed by atoms with van der Waals surface area (Å²) in [6.07, 6.45) is 0. The minimum absolute atomic E-state index is 0.00303. The van der Waals surface area contributed by atoms with Crippen molar-refractivity contribution in [3.63, 3.8) is 0 Å². The van der Waals surface area contributed by atoms with Gasteiger partial charge in [0.15, 0.2) is 5.60 Å². The number of ether oxygens (including phenoxy) is 1. The number of nitrogens with one attached hydrogen (secondary N) is 2. The summed E-state index contributed by atoms with van der Waals surface area (Å²) in [5.41, 5.74) is -0.542. The average Bonchev–Trinajstić information content (AvgIpc) is 2.69. The molecule has 1 amide bonds. The summed E-state index contributed by atoms with van der Waals surface area (Å²) in [6, 6.07) is 16.8. The topological polar surface area (TPSA) is 84.5 Å². The number of hydrogen-bond acceptors (Lipinski definition) is 4. The minimum Gasteiger partial charge on any atom is -0.478 e. The predicted octanol–water partition coefficient (Wildman–Crippen LogP) is 6.24. The molecular formula is C22H19Cl3N2O4S. The summed E-state index contributed by atoms with van der Waals surface area (Å²) < 4.78 is 33.4. The van der Waals surface area contributed by atoms with Gasteiger partial charge in [-0.05, 0) is 80.6 Å². The molecule has 0 bridgehead atoms. The van der Waals surface area contributed by atoms with E-state index in [1.807, 2.05) is 0 Å². The van der Waals surface area contributed by atoms with E-state index in [1.165, 1.54) is 42.5 Å². The molecule has 0 aliphatic heterocycles. The Bertz CT molecular complexity index is 1210. The van der Waals surface area contributed by atoms with Crippen molar-refractivity contribution in [1.29, 1.82) is 0 Å². The van der Waals surface area contributed by atoms with Crippen molar-refractivity contribution >= 4 is 62.1 Å². The number of anilines is 2. The van der Waals surface area contributed by atoms with Crippen LogP contribution in [-0.2, 0) is 14.8 Å². The van der Waals surface area contributed by atoms with Crippen LogP contribution >= 0.6 is 34.8 Å². The Morgan fingerprint density at radius 1 is 0.812 bits per heavy atom. The van der Waals surface area contributed by atoms with E-state index in [2.05, 4.69) is 10.0 Å². The zero-order chi connectivity index (χ0) is 23.5. The number of carbonyl (C=O) groups excluding carboxylic acids is 1. The van der Waals surface area contributed by atoms with Crippen LogP contribution in [0, 0.1) is 0 Å². The highest BCUT2D eigenvalue weighted by atomic mass is 35.5. The van der Waals surface area contributed by atoms with Crippen LogP contribution in [0.15, 0.2) is 71.6 Å². The third-order valence-corrected chi connectivity index (χ3v) is 6.36. The molecule has 3 aromatic carbocycles. The Labute approximate surface area is 201 Å². The second-order valence-corrected chi connectivity index (χ2v) is 10.3. The number of amides is 1. The Kier molecular flexibility index (Phi) is 7.25. The fraction of sp³-hybridized carbons (Fsp3) is 0.136. The molecule has 168 valence electrons. The Balaban J connectivity index is 1.69. The molecule has 0 radical (unpaired) electrons. The van der Waals surface area contributed by atoms with Gasteiger partial charge in [-0.3, -0.25) is 9.52 Å². The molecule has 0 atom stereocenters. The van der Waals surface area contributed by atoms with Crippen molar-refractivity contribution in [3.05, 3.63) is 81.8 Å². The van der Waals surface area contributed by atoms with E-state index in [9.17, 15) is 13.2 Å². The van der Waals surface area contributed by atoms with Crippen molar-refractivity contribution in [3.8, 4) is 5.75 Å². The summed E-state index contributed by atoms with van der Waals surface area (Å²) in [5.74, 6) is 0.0814. The number of benzene rings is 3. The van der Waals surface area contributed by atoms with Gasteiger partial charge in [0.2, 0.25) is 0 Å². The molecule has 0 aliphatic rings. The molecule has 0 aliphatic carbocycles. The maximum Gasteiger partial charge on any atom is 0.267 e. The van der Waals surface area contributed by atoms with Gasteiger partial charge in [-0.15, -0.1) is 0 Å². The predicted molar refractivity (Wildman–Crippen MR) is 129 cm³/mol. The normalized spacial score (nSPS) is 11.7. The third kappa shape index (κ3) is 6.29. The van der Waals surface area contributed by atoms with Gasteiger partial charge >= 0.3 is 0 Å². The van der Waals surface area contributed by atoms with Crippen LogP contribution < -0.4 is 14.8 Å². The molecule has 6 nitrogen and oxygen atoms in total. The average molecular weight is 514 g/mol. The summed E-state index contributed by atoms with van der Waals surface area (Å²) in [4.78, 5) is 12.7. The Morgan fingerprint density at radius 2 is 1.38 bits per heavy atom. The van der Waals surface area contributed by atoms with Gasteiger partial charge in [0.1, 0.15) is 5.75 Å². The van der Waals surface area contributed by atoms with E-state index in [0.717, 1.165) is 0 Å². The minimum atomic E-state index is -3.88. The maximum atomic E-state index is 12.7. The number of halogens is 3. The number of hydrogen-bond donors (Lipinski definition) is 2. The summed E-state index contributed by atoms with van der Waals surface area (Å²) >= 11 is 17.7. The van der Waals surface area contributed by atoms with Gasteiger partial charge in [0.05, 0.1) is 10.6 Å². The lowest BCUT2D eigenvalue weighted by Gasteiger charge is -2.25. The van der Waals surface area contributed by atoms with Crippen LogP contribution in [0.1, 0.15) is 13.8 Å². The highest BCUT2D eigenvalue weighted by molar-refractivity contribution is 7.92. The first-order valence-electron chi connectivity index (χ1n) is 9.30. The van der Waals surface area contributed by atoms with Crippen molar-refractivity contribution in [2.24, 2.45) is 0 Å². The second kappa shape index (κ2) is 9.58. The quantitative estimate of drug-likeness (QED) is 0.391. The molecule has 0 spiro atoms. The van der Waals surface area contributed by atoms with Crippen molar-refractivity contribution < 1.29 is 17.9 Å². The second-order valence-electron chi connectivity index (χ2n) is 7.31. The van der Waals surface area contributed by atoms with Crippen LogP contribution in [0.3, 0.4) is 0 Å². The van der Waals surface area contributed by atoms with Crippen LogP contribution in [0.25, 0.3) is 0 Å². The zero-order valence-electron chi connectivity index (χ0n) is 17.0. The fourth-order valence-corrected chi connectivity index (χ4v) is 4.36. The number of carbonyl (C=O) groups is 1. The van der Waals surface area contributed by atoms with Gasteiger partial charge in [0.25, 0.3) is 15.9 Å². The van der Waals surface area contributed by atoms with Crippen molar-refractivity contribution in [2.75, 3.05) is 10.0 Å². The molecule has 0 fully saturated rings. The first kappa shape index (κ1) is 24.2. The van der Waals surface area contributed by atoms with Crippen molar-refractivity contribution in [1.82, 2.24) is 0 Å². The largest absolute Gasteiger partial charge is 0.478 e. The number of rotatable bonds is 7. The summed E-state index contributed by atoms with van der Waals surface area (Å²) in [6.45, 7) is 3.24. The molecule has 3 aromatic rings.